The number of aliphatic hydroxyl groups is 1. The fraction of sp³-hybridized carbons (Fsp3) is 0.250. The average molecular weight is 123 g/mol. The maximum atomic E-state index is 9.87. The second-order valence-corrected chi connectivity index (χ2v) is 1.28. The second-order valence-electron chi connectivity index (χ2n) is 1.28. The van der Waals surface area contributed by atoms with Gasteiger partial charge in [-0.2, -0.15) is 0 Å². The SMILES string of the molecule is O=C1C=C(O)C1.[K]. The molecule has 1 aliphatic rings. The summed E-state index contributed by atoms with van der Waals surface area (Å²) in [6.45, 7) is 0. The molecule has 0 saturated heterocycles. The molecule has 0 fully saturated rings. The fourth-order valence-electron chi connectivity index (χ4n) is 0.335. The van der Waals surface area contributed by atoms with Crippen molar-refractivity contribution in [3.63, 3.8) is 0 Å². The predicted octanol–water partition coefficient (Wildman–Crippen LogP) is 0.0203. The van der Waals surface area contributed by atoms with E-state index in [1.807, 2.05) is 0 Å². The van der Waals surface area contributed by atoms with Crippen LogP contribution in [0.2, 0.25) is 0 Å². The summed E-state index contributed by atoms with van der Waals surface area (Å²) in [5.74, 6) is 0.229. The van der Waals surface area contributed by atoms with E-state index in [9.17, 15) is 4.79 Å². The molecule has 1 aliphatic carbocycles. The molecule has 0 amide bonds. The van der Waals surface area contributed by atoms with Crippen LogP contribution in [0.5, 0.6) is 0 Å². The molecule has 0 spiro atoms. The van der Waals surface area contributed by atoms with Crippen LogP contribution >= 0.6 is 0 Å². The smallest absolute Gasteiger partial charge is 0.166 e. The van der Waals surface area contributed by atoms with E-state index in [0.717, 1.165) is 0 Å². The van der Waals surface area contributed by atoms with Crippen LogP contribution in [0.15, 0.2) is 11.8 Å². The zero-order valence-electron chi connectivity index (χ0n) is 4.14. The van der Waals surface area contributed by atoms with Crippen LogP contribution in [-0.2, 0) is 4.79 Å². The van der Waals surface area contributed by atoms with Gasteiger partial charge in [0.25, 0.3) is 0 Å². The number of allylic oxidation sites excluding steroid dienone is 2. The zero-order valence-corrected chi connectivity index (χ0v) is 7.26. The Morgan fingerprint density at radius 1 is 1.71 bits per heavy atom. The molecular formula is C4H4KO2. The summed E-state index contributed by atoms with van der Waals surface area (Å²) >= 11 is 0. The van der Waals surface area contributed by atoms with Crippen molar-refractivity contribution in [2.45, 2.75) is 6.42 Å². The number of hydrogen-bond donors (Lipinski definition) is 1. The molecule has 0 bridgehead atoms. The largest absolute Gasteiger partial charge is 0.512 e. The molecule has 0 saturated carbocycles. The van der Waals surface area contributed by atoms with E-state index in [0.29, 0.717) is 0 Å². The van der Waals surface area contributed by atoms with E-state index >= 15 is 0 Å². The van der Waals surface area contributed by atoms with Gasteiger partial charge in [0.2, 0.25) is 0 Å². The second kappa shape index (κ2) is 2.99. The van der Waals surface area contributed by atoms with E-state index in [2.05, 4.69) is 0 Å². The van der Waals surface area contributed by atoms with Gasteiger partial charge in [-0.25, -0.2) is 0 Å². The van der Waals surface area contributed by atoms with Crippen LogP contribution in [0.3, 0.4) is 0 Å². The Morgan fingerprint density at radius 2 is 2.14 bits per heavy atom. The van der Waals surface area contributed by atoms with Crippen molar-refractivity contribution in [3.05, 3.63) is 11.8 Å². The van der Waals surface area contributed by atoms with Gasteiger partial charge in [0, 0.05) is 57.5 Å². The van der Waals surface area contributed by atoms with Gasteiger partial charge in [0.05, 0.1) is 6.42 Å². The molecule has 0 atom stereocenters. The van der Waals surface area contributed by atoms with E-state index in [-0.39, 0.29) is 69.3 Å². The maximum absolute atomic E-state index is 9.87. The summed E-state index contributed by atoms with van der Waals surface area (Å²) in [5, 5.41) is 8.26. The summed E-state index contributed by atoms with van der Waals surface area (Å²) in [5.41, 5.74) is 0. The van der Waals surface area contributed by atoms with Crippen molar-refractivity contribution in [1.29, 1.82) is 0 Å². The molecule has 1 radical (unpaired) electrons. The maximum Gasteiger partial charge on any atom is 0.166 e. The van der Waals surface area contributed by atoms with Gasteiger partial charge in [-0.05, 0) is 0 Å². The molecule has 1 rings (SSSR count). The van der Waals surface area contributed by atoms with Crippen LogP contribution in [-0.4, -0.2) is 62.3 Å². The molecule has 1 N–H and O–H groups in total. The van der Waals surface area contributed by atoms with Gasteiger partial charge in [-0.15, -0.1) is 0 Å². The van der Waals surface area contributed by atoms with Crippen molar-refractivity contribution in [1.82, 2.24) is 0 Å². The number of rotatable bonds is 0. The van der Waals surface area contributed by atoms with Gasteiger partial charge in [-0.3, -0.25) is 4.79 Å². The zero-order chi connectivity index (χ0) is 4.57. The monoisotopic (exact) mass is 123 g/mol. The van der Waals surface area contributed by atoms with Gasteiger partial charge in [-0.1, -0.05) is 0 Å². The number of hydrogen-bond acceptors (Lipinski definition) is 2. The summed E-state index contributed by atoms with van der Waals surface area (Å²) in [6, 6.07) is 0. The Morgan fingerprint density at radius 3 is 2.14 bits per heavy atom. The Kier molecular flexibility index (Phi) is 3.35. The van der Waals surface area contributed by atoms with Crippen LogP contribution in [0, 0.1) is 0 Å². The van der Waals surface area contributed by atoms with Crippen molar-refractivity contribution in [3.8, 4) is 0 Å². The van der Waals surface area contributed by atoms with E-state index in [1.54, 1.807) is 0 Å². The third-order valence-corrected chi connectivity index (χ3v) is 0.683. The molecule has 2 nitrogen and oxygen atoms in total. The van der Waals surface area contributed by atoms with Crippen LogP contribution in [0.4, 0.5) is 0 Å². The summed E-state index contributed by atoms with van der Waals surface area (Å²) < 4.78 is 0. The van der Waals surface area contributed by atoms with Crippen molar-refractivity contribution in [2.24, 2.45) is 0 Å². The topological polar surface area (TPSA) is 37.3 Å². The third-order valence-electron chi connectivity index (χ3n) is 0.683. The first kappa shape index (κ1) is 7.85. The minimum absolute atomic E-state index is 0. The molecule has 0 aromatic heterocycles. The van der Waals surface area contributed by atoms with Crippen LogP contribution in [0.25, 0.3) is 0 Å². The number of carbonyl (C=O) groups is 1. The molecule has 0 heterocycles. The summed E-state index contributed by atoms with van der Waals surface area (Å²) in [7, 11) is 0. The molecule has 0 aromatic rings. The molecule has 33 valence electrons. The predicted molar refractivity (Wildman–Crippen MR) is 26.1 cm³/mol. The quantitative estimate of drug-likeness (QED) is 0.461. The van der Waals surface area contributed by atoms with Crippen molar-refractivity contribution < 1.29 is 9.90 Å². The number of aliphatic hydroxyl groups excluding tert-OH is 1. The third kappa shape index (κ3) is 2.05. The first-order chi connectivity index (χ1) is 2.79. The Hall–Kier alpha value is 0.846. The van der Waals surface area contributed by atoms with Gasteiger partial charge >= 0.3 is 0 Å². The minimum atomic E-state index is 0. The Bertz CT molecular complexity index is 117. The fourth-order valence-corrected chi connectivity index (χ4v) is 0.335. The van der Waals surface area contributed by atoms with Gasteiger partial charge in [0.15, 0.2) is 5.78 Å². The molecule has 0 unspecified atom stereocenters. The van der Waals surface area contributed by atoms with Gasteiger partial charge < -0.3 is 5.11 Å². The molecular weight excluding hydrogens is 119 g/mol. The Balaban J connectivity index is 0.000000360. The molecule has 0 aliphatic heterocycles. The summed E-state index contributed by atoms with van der Waals surface area (Å²) in [4.78, 5) is 9.87. The number of carbonyl (C=O) groups excluding carboxylic acids is 1. The van der Waals surface area contributed by atoms with E-state index < -0.39 is 0 Å². The Labute approximate surface area is 84.0 Å². The molecule has 3 heteroatoms. The normalized spacial score (nSPS) is 16.6. The first-order valence-corrected chi connectivity index (χ1v) is 1.71. The van der Waals surface area contributed by atoms with E-state index in [1.165, 1.54) is 6.08 Å². The van der Waals surface area contributed by atoms with Gasteiger partial charge in [0.1, 0.15) is 5.76 Å². The van der Waals surface area contributed by atoms with Crippen LogP contribution < -0.4 is 0 Å². The first-order valence-electron chi connectivity index (χ1n) is 1.71. The van der Waals surface area contributed by atoms with Crippen molar-refractivity contribution >= 4 is 57.2 Å². The van der Waals surface area contributed by atoms with Crippen LogP contribution in [0.1, 0.15) is 6.42 Å². The standard InChI is InChI=1S/C4H4O2.K/c5-3-1-4(6)2-3;/h1,5H,2H2;. The number of ketones is 1. The molecule has 7 heavy (non-hydrogen) atoms. The molecule has 0 aromatic carbocycles. The van der Waals surface area contributed by atoms with E-state index in [4.69, 9.17) is 5.11 Å². The van der Waals surface area contributed by atoms with Crippen molar-refractivity contribution in [2.75, 3.05) is 0 Å². The minimum Gasteiger partial charge on any atom is -0.512 e. The summed E-state index contributed by atoms with van der Waals surface area (Å²) in [6.07, 6.45) is 1.47. The average Bonchev–Trinajstić information content (AvgIpc) is 1.33.